The summed E-state index contributed by atoms with van der Waals surface area (Å²) in [5.41, 5.74) is 0. The number of nitrogens with zero attached hydrogens (tertiary/aromatic N) is 3. The van der Waals surface area contributed by atoms with Crippen molar-refractivity contribution in [1.82, 2.24) is 14.7 Å². The quantitative estimate of drug-likeness (QED) is 0.197. The van der Waals surface area contributed by atoms with Gasteiger partial charge >= 0.3 is 29.8 Å². The van der Waals surface area contributed by atoms with Gasteiger partial charge in [0.15, 0.2) is 0 Å². The second kappa shape index (κ2) is 12.8. The second-order valence-electron chi connectivity index (χ2n) is 7.47. The molecule has 0 aromatic rings. The molecule has 1 saturated carbocycles. The molecule has 13 heteroatoms. The molecule has 0 aliphatic heterocycles. The van der Waals surface area contributed by atoms with Crippen LogP contribution in [0.5, 0.6) is 0 Å². The van der Waals surface area contributed by atoms with Crippen LogP contribution in [0.25, 0.3) is 0 Å². The first-order valence-electron chi connectivity index (χ1n) is 9.79. The van der Waals surface area contributed by atoms with Gasteiger partial charge in [-0.15, -0.1) is 0 Å². The zero-order chi connectivity index (χ0) is 23.6. The molecular weight excluding hydrogens is 418 g/mol. The minimum absolute atomic E-state index is 0.0298. The Morgan fingerprint density at radius 2 is 0.903 bits per heavy atom. The zero-order valence-corrected chi connectivity index (χ0v) is 17.1. The number of hydrogen-bond donors (Lipinski definition) is 5. The molecular formula is C18H29N3O10. The van der Waals surface area contributed by atoms with E-state index in [1.807, 2.05) is 0 Å². The van der Waals surface area contributed by atoms with E-state index in [1.54, 1.807) is 4.90 Å². The molecule has 2 atom stereocenters. The van der Waals surface area contributed by atoms with Crippen LogP contribution in [0.2, 0.25) is 0 Å². The molecule has 1 aliphatic carbocycles. The van der Waals surface area contributed by atoms with Crippen molar-refractivity contribution in [3.8, 4) is 0 Å². The molecule has 0 spiro atoms. The van der Waals surface area contributed by atoms with E-state index < -0.39 is 74.7 Å². The molecule has 0 aromatic heterocycles. The monoisotopic (exact) mass is 447 g/mol. The summed E-state index contributed by atoms with van der Waals surface area (Å²) in [6.45, 7) is -2.54. The highest BCUT2D eigenvalue weighted by Gasteiger charge is 2.36. The van der Waals surface area contributed by atoms with Gasteiger partial charge in [0.05, 0.1) is 32.7 Å². The van der Waals surface area contributed by atoms with Crippen LogP contribution in [0, 0.1) is 0 Å². The summed E-state index contributed by atoms with van der Waals surface area (Å²) in [6, 6.07) is -0.993. The number of carbonyl (C=O) groups is 5. The molecule has 1 fully saturated rings. The predicted molar refractivity (Wildman–Crippen MR) is 104 cm³/mol. The van der Waals surface area contributed by atoms with E-state index in [0.29, 0.717) is 12.8 Å². The number of aliphatic carboxylic acids is 5. The molecule has 0 aromatic carbocycles. The third-order valence-electron chi connectivity index (χ3n) is 5.07. The third kappa shape index (κ3) is 10.2. The molecule has 31 heavy (non-hydrogen) atoms. The van der Waals surface area contributed by atoms with Gasteiger partial charge in [-0.2, -0.15) is 0 Å². The van der Waals surface area contributed by atoms with Crippen molar-refractivity contribution in [3.05, 3.63) is 0 Å². The van der Waals surface area contributed by atoms with Gasteiger partial charge in [-0.05, 0) is 12.8 Å². The summed E-state index contributed by atoms with van der Waals surface area (Å²) in [7, 11) is 0. The van der Waals surface area contributed by atoms with Crippen LogP contribution in [0.3, 0.4) is 0 Å². The molecule has 1 rings (SSSR count). The summed E-state index contributed by atoms with van der Waals surface area (Å²) >= 11 is 0. The van der Waals surface area contributed by atoms with Crippen molar-refractivity contribution < 1.29 is 49.5 Å². The van der Waals surface area contributed by atoms with Crippen LogP contribution in [0.1, 0.15) is 25.7 Å². The van der Waals surface area contributed by atoms with Crippen molar-refractivity contribution in [1.29, 1.82) is 0 Å². The smallest absolute Gasteiger partial charge is 0.317 e. The lowest BCUT2D eigenvalue weighted by atomic mass is 9.87. The van der Waals surface area contributed by atoms with E-state index in [-0.39, 0.29) is 13.1 Å². The van der Waals surface area contributed by atoms with E-state index >= 15 is 0 Å². The van der Waals surface area contributed by atoms with Crippen molar-refractivity contribution >= 4 is 29.8 Å². The average Bonchev–Trinajstić information content (AvgIpc) is 2.62. The molecule has 1 aliphatic rings. The lowest BCUT2D eigenvalue weighted by Gasteiger charge is -2.44. The van der Waals surface area contributed by atoms with Gasteiger partial charge in [0.1, 0.15) is 0 Å². The lowest BCUT2D eigenvalue weighted by Crippen LogP contribution is -2.57. The van der Waals surface area contributed by atoms with E-state index in [1.165, 1.54) is 4.90 Å². The number of carboxylic acids is 5. The third-order valence-corrected chi connectivity index (χ3v) is 5.07. The Hall–Kier alpha value is -2.77. The van der Waals surface area contributed by atoms with Crippen molar-refractivity contribution in [2.24, 2.45) is 0 Å². The van der Waals surface area contributed by atoms with Crippen molar-refractivity contribution in [2.45, 2.75) is 37.8 Å². The summed E-state index contributed by atoms with van der Waals surface area (Å²) in [5.74, 6) is -6.02. The molecule has 5 N–H and O–H groups in total. The minimum atomic E-state index is -1.23. The maximum Gasteiger partial charge on any atom is 0.317 e. The zero-order valence-electron chi connectivity index (χ0n) is 17.1. The Bertz CT molecular complexity index is 639. The number of rotatable bonds is 15. The van der Waals surface area contributed by atoms with E-state index in [2.05, 4.69) is 0 Å². The largest absolute Gasteiger partial charge is 0.480 e. The molecule has 0 saturated heterocycles. The van der Waals surface area contributed by atoms with Gasteiger partial charge in [-0.25, -0.2) is 0 Å². The topological polar surface area (TPSA) is 196 Å². The molecule has 13 nitrogen and oxygen atoms in total. The van der Waals surface area contributed by atoms with Crippen LogP contribution in [-0.4, -0.2) is 128 Å². The summed E-state index contributed by atoms with van der Waals surface area (Å²) < 4.78 is 0. The Balaban J connectivity index is 3.06. The van der Waals surface area contributed by atoms with Gasteiger partial charge in [-0.3, -0.25) is 38.7 Å². The van der Waals surface area contributed by atoms with Crippen molar-refractivity contribution in [3.63, 3.8) is 0 Å². The molecule has 0 heterocycles. The van der Waals surface area contributed by atoms with E-state index in [9.17, 15) is 39.3 Å². The standard InChI is InChI=1S/C18H29N3O10/c22-14(23)7-19(8-15(24)25)5-6-20(9-16(26)27)12-3-1-2-4-13(12)21(10-17(28)29)11-18(30)31/h12-13H,1-11H2,(H,22,23)(H,24,25)(H,26,27)(H,28,29)(H,30,31)/t12-,13-/m0/s1. The fourth-order valence-electron chi connectivity index (χ4n) is 3.98. The Kier molecular flexibility index (Phi) is 10.9. The fourth-order valence-corrected chi connectivity index (χ4v) is 3.98. The second-order valence-corrected chi connectivity index (χ2v) is 7.47. The van der Waals surface area contributed by atoms with Gasteiger partial charge < -0.3 is 25.5 Å². The van der Waals surface area contributed by atoms with Gasteiger partial charge in [0.2, 0.25) is 0 Å². The van der Waals surface area contributed by atoms with Crippen LogP contribution in [-0.2, 0) is 24.0 Å². The summed E-state index contributed by atoms with van der Waals surface area (Å²) in [5, 5.41) is 45.7. The average molecular weight is 447 g/mol. The van der Waals surface area contributed by atoms with Crippen LogP contribution < -0.4 is 0 Å². The molecule has 0 unspecified atom stereocenters. The normalized spacial score (nSPS) is 18.9. The molecule has 0 amide bonds. The fraction of sp³-hybridized carbons (Fsp3) is 0.722. The van der Waals surface area contributed by atoms with Crippen LogP contribution >= 0.6 is 0 Å². The first kappa shape index (κ1) is 26.3. The molecule has 0 radical (unpaired) electrons. The first-order chi connectivity index (χ1) is 14.5. The molecule has 0 bridgehead atoms. The number of carboxylic acid groups (broad SMARTS) is 5. The summed E-state index contributed by atoms with van der Waals surface area (Å²) in [6.07, 6.45) is 2.45. The van der Waals surface area contributed by atoms with Crippen LogP contribution in [0.15, 0.2) is 0 Å². The highest BCUT2D eigenvalue weighted by molar-refractivity contribution is 5.73. The Labute approximate surface area is 178 Å². The van der Waals surface area contributed by atoms with Gasteiger partial charge in [-0.1, -0.05) is 12.8 Å². The minimum Gasteiger partial charge on any atom is -0.480 e. The number of hydrogen-bond acceptors (Lipinski definition) is 8. The predicted octanol–water partition coefficient (Wildman–Crippen LogP) is -1.37. The van der Waals surface area contributed by atoms with Crippen molar-refractivity contribution in [2.75, 3.05) is 45.8 Å². The molecule has 176 valence electrons. The summed E-state index contributed by atoms with van der Waals surface area (Å²) in [4.78, 5) is 59.9. The van der Waals surface area contributed by atoms with Gasteiger partial charge in [0, 0.05) is 25.2 Å². The highest BCUT2D eigenvalue weighted by Crippen LogP contribution is 2.27. The van der Waals surface area contributed by atoms with E-state index in [4.69, 9.17) is 10.2 Å². The van der Waals surface area contributed by atoms with E-state index in [0.717, 1.165) is 17.7 Å². The Morgan fingerprint density at radius 3 is 1.29 bits per heavy atom. The Morgan fingerprint density at radius 1 is 0.548 bits per heavy atom. The maximum atomic E-state index is 11.4. The van der Waals surface area contributed by atoms with Gasteiger partial charge in [0.25, 0.3) is 0 Å². The highest BCUT2D eigenvalue weighted by atomic mass is 16.4. The maximum absolute atomic E-state index is 11.4. The van der Waals surface area contributed by atoms with Crippen LogP contribution in [0.4, 0.5) is 0 Å². The lowest BCUT2D eigenvalue weighted by molar-refractivity contribution is -0.146. The SMILES string of the molecule is O=C(O)CN(CCN(CC(=O)O)[C@H]1CCCC[C@@H]1N(CC(=O)O)CC(=O)O)CC(=O)O. The first-order valence-corrected chi connectivity index (χ1v) is 9.79.